The van der Waals surface area contributed by atoms with Gasteiger partial charge >= 0.3 is 0 Å². The summed E-state index contributed by atoms with van der Waals surface area (Å²) in [7, 11) is 1.65. The van der Waals surface area contributed by atoms with E-state index < -0.39 is 0 Å². The van der Waals surface area contributed by atoms with Gasteiger partial charge in [0.2, 0.25) is 0 Å². The zero-order valence-electron chi connectivity index (χ0n) is 13.2. The summed E-state index contributed by atoms with van der Waals surface area (Å²) in [5.41, 5.74) is 6.00. The van der Waals surface area contributed by atoms with Crippen LogP contribution in [0.15, 0.2) is 12.1 Å². The van der Waals surface area contributed by atoms with Crippen LogP contribution in [-0.4, -0.2) is 52.8 Å². The van der Waals surface area contributed by atoms with E-state index in [0.717, 1.165) is 0 Å². The summed E-state index contributed by atoms with van der Waals surface area (Å²) in [4.78, 5) is 2.44. The second-order valence-corrected chi connectivity index (χ2v) is 6.14. The fraction of sp³-hybridized carbons (Fsp3) is 0.733. The van der Waals surface area contributed by atoms with Crippen LogP contribution < -0.4 is 5.73 Å². The summed E-state index contributed by atoms with van der Waals surface area (Å²) in [5.74, 6) is 0. The fourth-order valence-corrected chi connectivity index (χ4v) is 2.84. The van der Waals surface area contributed by atoms with Crippen molar-refractivity contribution in [1.29, 1.82) is 0 Å². The van der Waals surface area contributed by atoms with Crippen LogP contribution in [0.1, 0.15) is 22.8 Å². The zero-order valence-corrected chi connectivity index (χ0v) is 14.0. The molecule has 122 valence electrons. The summed E-state index contributed by atoms with van der Waals surface area (Å²) in [6.45, 7) is 7.46. The van der Waals surface area contributed by atoms with Gasteiger partial charge in [-0.05, 0) is 26.0 Å². The van der Waals surface area contributed by atoms with Crippen molar-refractivity contribution >= 4 is 11.3 Å². The third-order valence-corrected chi connectivity index (χ3v) is 3.91. The SMILES string of the molecule is COCCOCCOCCOC(c1ccc(C)s1)C(C)N. The number of nitrogens with two attached hydrogens (primary N) is 1. The van der Waals surface area contributed by atoms with Crippen molar-refractivity contribution in [1.82, 2.24) is 0 Å². The largest absolute Gasteiger partial charge is 0.382 e. The number of hydrogen-bond donors (Lipinski definition) is 1. The Morgan fingerprint density at radius 2 is 1.67 bits per heavy atom. The van der Waals surface area contributed by atoms with Crippen molar-refractivity contribution in [2.75, 3.05) is 46.8 Å². The molecule has 1 aromatic heterocycles. The van der Waals surface area contributed by atoms with Crippen molar-refractivity contribution in [2.45, 2.75) is 26.0 Å². The van der Waals surface area contributed by atoms with Crippen molar-refractivity contribution in [3.8, 4) is 0 Å². The van der Waals surface area contributed by atoms with Crippen LogP contribution >= 0.6 is 11.3 Å². The molecular weight excluding hydrogens is 290 g/mol. The smallest absolute Gasteiger partial charge is 0.106 e. The lowest BCUT2D eigenvalue weighted by Gasteiger charge is -2.20. The van der Waals surface area contributed by atoms with Crippen LogP contribution in [0.25, 0.3) is 0 Å². The monoisotopic (exact) mass is 317 g/mol. The van der Waals surface area contributed by atoms with Gasteiger partial charge in [0.25, 0.3) is 0 Å². The van der Waals surface area contributed by atoms with Gasteiger partial charge in [0, 0.05) is 22.9 Å². The quantitative estimate of drug-likeness (QED) is 0.598. The Hall–Kier alpha value is -0.500. The maximum atomic E-state index is 6.00. The summed E-state index contributed by atoms with van der Waals surface area (Å²) >= 11 is 1.73. The van der Waals surface area contributed by atoms with E-state index in [1.165, 1.54) is 9.75 Å². The van der Waals surface area contributed by atoms with Gasteiger partial charge in [-0.3, -0.25) is 0 Å². The van der Waals surface area contributed by atoms with E-state index >= 15 is 0 Å². The molecule has 0 radical (unpaired) electrons. The van der Waals surface area contributed by atoms with E-state index in [1.54, 1.807) is 18.4 Å². The predicted octanol–water partition coefficient (Wildman–Crippen LogP) is 2.14. The van der Waals surface area contributed by atoms with Crippen molar-refractivity contribution in [3.63, 3.8) is 0 Å². The molecule has 0 aliphatic rings. The highest BCUT2D eigenvalue weighted by molar-refractivity contribution is 7.12. The summed E-state index contributed by atoms with van der Waals surface area (Å²) in [6, 6.07) is 4.13. The van der Waals surface area contributed by atoms with E-state index in [4.69, 9.17) is 24.7 Å². The maximum Gasteiger partial charge on any atom is 0.106 e. The standard InChI is InChI=1S/C15H27NO4S/c1-12-4-5-14(21-12)15(13(2)16)20-11-10-19-9-8-18-7-6-17-3/h4-5,13,15H,6-11,16H2,1-3H3. The molecule has 2 atom stereocenters. The molecule has 6 heteroatoms. The molecule has 0 saturated carbocycles. The zero-order chi connectivity index (χ0) is 15.5. The Morgan fingerprint density at radius 3 is 2.19 bits per heavy atom. The molecule has 0 fully saturated rings. The topological polar surface area (TPSA) is 62.9 Å². The molecule has 0 aromatic carbocycles. The lowest BCUT2D eigenvalue weighted by atomic mass is 10.1. The van der Waals surface area contributed by atoms with Crippen LogP contribution in [-0.2, 0) is 18.9 Å². The molecule has 2 N–H and O–H groups in total. The number of rotatable bonds is 12. The van der Waals surface area contributed by atoms with Crippen molar-refractivity contribution in [2.24, 2.45) is 5.73 Å². The summed E-state index contributed by atoms with van der Waals surface area (Å²) < 4.78 is 21.5. The Bertz CT molecular complexity index is 370. The number of hydrogen-bond acceptors (Lipinski definition) is 6. The molecule has 21 heavy (non-hydrogen) atoms. The van der Waals surface area contributed by atoms with E-state index in [9.17, 15) is 0 Å². The highest BCUT2D eigenvalue weighted by Gasteiger charge is 2.18. The highest BCUT2D eigenvalue weighted by atomic mass is 32.1. The predicted molar refractivity (Wildman–Crippen MR) is 84.9 cm³/mol. The lowest BCUT2D eigenvalue weighted by molar-refractivity contribution is -0.0211. The molecule has 1 rings (SSSR count). The molecular formula is C15H27NO4S. The summed E-state index contributed by atoms with van der Waals surface area (Å²) in [6.07, 6.45) is -0.0646. The van der Waals surface area contributed by atoms with Gasteiger partial charge in [-0.15, -0.1) is 11.3 Å². The van der Waals surface area contributed by atoms with Gasteiger partial charge in [-0.1, -0.05) is 0 Å². The second kappa shape index (κ2) is 11.1. The maximum absolute atomic E-state index is 6.00. The Labute approximate surface area is 131 Å². The normalized spacial score (nSPS) is 14.3. The third-order valence-electron chi connectivity index (χ3n) is 2.85. The van der Waals surface area contributed by atoms with E-state index in [1.807, 2.05) is 6.92 Å². The summed E-state index contributed by atoms with van der Waals surface area (Å²) in [5, 5.41) is 0. The first-order chi connectivity index (χ1) is 10.1. The minimum Gasteiger partial charge on any atom is -0.382 e. The second-order valence-electron chi connectivity index (χ2n) is 4.82. The highest BCUT2D eigenvalue weighted by Crippen LogP contribution is 2.27. The lowest BCUT2D eigenvalue weighted by Crippen LogP contribution is -2.27. The molecule has 2 unspecified atom stereocenters. The number of aryl methyl sites for hydroxylation is 1. The molecule has 1 heterocycles. The van der Waals surface area contributed by atoms with E-state index in [-0.39, 0.29) is 12.1 Å². The third kappa shape index (κ3) is 7.90. The Balaban J connectivity index is 2.12. The van der Waals surface area contributed by atoms with Crippen LogP contribution in [0.5, 0.6) is 0 Å². The van der Waals surface area contributed by atoms with Gasteiger partial charge < -0.3 is 24.7 Å². The molecule has 5 nitrogen and oxygen atoms in total. The molecule has 0 aliphatic carbocycles. The minimum atomic E-state index is -0.0646. The first-order valence-corrected chi connectivity index (χ1v) is 8.04. The van der Waals surface area contributed by atoms with Gasteiger partial charge in [-0.2, -0.15) is 0 Å². The van der Waals surface area contributed by atoms with Crippen LogP contribution in [0.4, 0.5) is 0 Å². The first kappa shape index (κ1) is 18.5. The van der Waals surface area contributed by atoms with Gasteiger partial charge in [-0.25, -0.2) is 0 Å². The Kier molecular flexibility index (Phi) is 9.82. The molecule has 0 saturated heterocycles. The van der Waals surface area contributed by atoms with Crippen LogP contribution in [0, 0.1) is 6.92 Å². The molecule has 0 bridgehead atoms. The average Bonchev–Trinajstić information content (AvgIpc) is 2.87. The molecule has 0 spiro atoms. The average molecular weight is 317 g/mol. The van der Waals surface area contributed by atoms with Crippen LogP contribution in [0.2, 0.25) is 0 Å². The van der Waals surface area contributed by atoms with E-state index in [0.29, 0.717) is 39.6 Å². The van der Waals surface area contributed by atoms with Gasteiger partial charge in [0.15, 0.2) is 0 Å². The number of methoxy groups -OCH3 is 1. The van der Waals surface area contributed by atoms with Gasteiger partial charge in [0.05, 0.1) is 39.6 Å². The molecule has 0 aliphatic heterocycles. The minimum absolute atomic E-state index is 0.0413. The van der Waals surface area contributed by atoms with E-state index in [2.05, 4.69) is 19.1 Å². The Morgan fingerprint density at radius 1 is 1.05 bits per heavy atom. The van der Waals surface area contributed by atoms with Crippen molar-refractivity contribution in [3.05, 3.63) is 21.9 Å². The molecule has 1 aromatic rings. The number of ether oxygens (including phenoxy) is 4. The first-order valence-electron chi connectivity index (χ1n) is 7.23. The molecule has 0 amide bonds. The number of thiophene rings is 1. The fourth-order valence-electron chi connectivity index (χ4n) is 1.80. The van der Waals surface area contributed by atoms with Crippen LogP contribution in [0.3, 0.4) is 0 Å². The van der Waals surface area contributed by atoms with Gasteiger partial charge in [0.1, 0.15) is 6.10 Å². The van der Waals surface area contributed by atoms with Crippen molar-refractivity contribution < 1.29 is 18.9 Å².